The highest BCUT2D eigenvalue weighted by Gasteiger charge is 2.16. The lowest BCUT2D eigenvalue weighted by Gasteiger charge is -2.10. The summed E-state index contributed by atoms with van der Waals surface area (Å²) in [5, 5.41) is 4.73. The lowest BCUT2D eigenvalue weighted by atomic mass is 10.2. The second-order valence-electron chi connectivity index (χ2n) is 4.54. The number of aromatic amines is 1. The fourth-order valence-corrected chi connectivity index (χ4v) is 2.76. The topological polar surface area (TPSA) is 83.8 Å². The number of nitrogens with zero attached hydrogens (tertiary/aromatic N) is 1. The fraction of sp³-hybridized carbons (Fsp3) is 0.143. The quantitative estimate of drug-likeness (QED) is 0.692. The molecule has 20 heavy (non-hydrogen) atoms. The smallest absolute Gasteiger partial charge is 0.246 e. The van der Waals surface area contributed by atoms with E-state index in [4.69, 9.17) is 5.73 Å². The van der Waals surface area contributed by atoms with Gasteiger partial charge in [-0.15, -0.1) is 11.3 Å². The Hall–Kier alpha value is -2.18. The van der Waals surface area contributed by atoms with Gasteiger partial charge < -0.3 is 16.0 Å². The van der Waals surface area contributed by atoms with Gasteiger partial charge >= 0.3 is 0 Å². The van der Waals surface area contributed by atoms with Gasteiger partial charge in [-0.05, 0) is 36.6 Å². The molecule has 0 bridgehead atoms. The summed E-state index contributed by atoms with van der Waals surface area (Å²) in [6.07, 6.45) is 0. The molecule has 0 saturated heterocycles. The maximum atomic E-state index is 12.1. The summed E-state index contributed by atoms with van der Waals surface area (Å²) < 4.78 is 0. The Bertz CT molecular complexity index is 748. The molecule has 0 spiro atoms. The van der Waals surface area contributed by atoms with Crippen molar-refractivity contribution in [3.05, 3.63) is 46.4 Å². The Morgan fingerprint density at radius 1 is 1.45 bits per heavy atom. The lowest BCUT2D eigenvalue weighted by molar-refractivity contribution is -0.117. The van der Waals surface area contributed by atoms with E-state index in [-0.39, 0.29) is 5.91 Å². The van der Waals surface area contributed by atoms with Crippen LogP contribution in [0, 0.1) is 6.92 Å². The van der Waals surface area contributed by atoms with E-state index >= 15 is 0 Å². The van der Waals surface area contributed by atoms with Crippen molar-refractivity contribution in [2.24, 2.45) is 5.73 Å². The summed E-state index contributed by atoms with van der Waals surface area (Å²) in [7, 11) is 0. The molecular formula is C14H14N4OS. The standard InChI is InChI=1S/C14H14N4OS/c1-8-16-10-5-4-9(7-11(10)17-8)18-14(19)13(15)12-3-2-6-20-12/h2-7,13H,15H2,1H3,(H,16,17)(H,18,19). The fourth-order valence-electron chi connectivity index (χ4n) is 2.03. The van der Waals surface area contributed by atoms with E-state index in [1.165, 1.54) is 11.3 Å². The van der Waals surface area contributed by atoms with E-state index in [9.17, 15) is 4.79 Å². The van der Waals surface area contributed by atoms with Crippen LogP contribution in [0.5, 0.6) is 0 Å². The average Bonchev–Trinajstić information content (AvgIpc) is 3.05. The van der Waals surface area contributed by atoms with Gasteiger partial charge in [-0.2, -0.15) is 0 Å². The van der Waals surface area contributed by atoms with E-state index in [0.29, 0.717) is 5.69 Å². The Labute approximate surface area is 119 Å². The maximum Gasteiger partial charge on any atom is 0.246 e. The number of nitrogens with one attached hydrogen (secondary N) is 2. The van der Waals surface area contributed by atoms with Crippen LogP contribution in [-0.2, 0) is 4.79 Å². The van der Waals surface area contributed by atoms with Crippen molar-refractivity contribution in [2.75, 3.05) is 5.32 Å². The summed E-state index contributed by atoms with van der Waals surface area (Å²) in [6.45, 7) is 1.89. The molecule has 4 N–H and O–H groups in total. The van der Waals surface area contributed by atoms with Gasteiger partial charge in [-0.3, -0.25) is 4.79 Å². The molecule has 0 aliphatic rings. The molecule has 1 atom stereocenters. The number of hydrogen-bond donors (Lipinski definition) is 3. The molecule has 0 radical (unpaired) electrons. The summed E-state index contributed by atoms with van der Waals surface area (Å²) >= 11 is 1.47. The number of aromatic nitrogens is 2. The van der Waals surface area contributed by atoms with Crippen molar-refractivity contribution in [2.45, 2.75) is 13.0 Å². The number of nitrogens with two attached hydrogens (primary N) is 1. The molecule has 1 unspecified atom stereocenters. The number of hydrogen-bond acceptors (Lipinski definition) is 4. The molecular weight excluding hydrogens is 272 g/mol. The molecule has 2 aromatic heterocycles. The van der Waals surface area contributed by atoms with Crippen LogP contribution in [0.25, 0.3) is 11.0 Å². The first-order valence-electron chi connectivity index (χ1n) is 6.20. The summed E-state index contributed by atoms with van der Waals surface area (Å²) in [6, 6.07) is 8.64. The highest BCUT2D eigenvalue weighted by atomic mass is 32.1. The zero-order chi connectivity index (χ0) is 14.1. The molecule has 6 heteroatoms. The van der Waals surface area contributed by atoms with Gasteiger partial charge in [0, 0.05) is 10.6 Å². The predicted molar refractivity (Wildman–Crippen MR) is 80.7 cm³/mol. The summed E-state index contributed by atoms with van der Waals surface area (Å²) in [5.41, 5.74) is 8.40. The highest BCUT2D eigenvalue weighted by molar-refractivity contribution is 7.10. The van der Waals surface area contributed by atoms with Crippen LogP contribution in [-0.4, -0.2) is 15.9 Å². The largest absolute Gasteiger partial charge is 0.342 e. The van der Waals surface area contributed by atoms with Crippen molar-refractivity contribution in [1.29, 1.82) is 0 Å². The molecule has 3 rings (SSSR count). The zero-order valence-electron chi connectivity index (χ0n) is 10.9. The Kier molecular flexibility index (Phi) is 3.25. The molecule has 102 valence electrons. The van der Waals surface area contributed by atoms with Gasteiger partial charge in [-0.1, -0.05) is 6.07 Å². The molecule has 0 saturated carbocycles. The maximum absolute atomic E-state index is 12.1. The van der Waals surface area contributed by atoms with Crippen LogP contribution >= 0.6 is 11.3 Å². The number of carbonyl (C=O) groups excluding carboxylic acids is 1. The van der Waals surface area contributed by atoms with Crippen molar-refractivity contribution in [1.82, 2.24) is 9.97 Å². The predicted octanol–water partition coefficient (Wildman–Crippen LogP) is 2.57. The zero-order valence-corrected chi connectivity index (χ0v) is 11.7. The Morgan fingerprint density at radius 3 is 3.05 bits per heavy atom. The SMILES string of the molecule is Cc1nc2ccc(NC(=O)C(N)c3cccs3)cc2[nH]1. The molecule has 1 aromatic carbocycles. The number of imidazole rings is 1. The second kappa shape index (κ2) is 5.07. The number of thiophene rings is 1. The van der Waals surface area contributed by atoms with E-state index < -0.39 is 6.04 Å². The first-order chi connectivity index (χ1) is 9.63. The third-order valence-corrected chi connectivity index (χ3v) is 3.96. The molecule has 3 aromatic rings. The molecule has 0 aliphatic carbocycles. The Morgan fingerprint density at radius 2 is 2.30 bits per heavy atom. The minimum absolute atomic E-state index is 0.219. The molecule has 0 aliphatic heterocycles. The third-order valence-electron chi connectivity index (χ3n) is 3.00. The first kappa shape index (κ1) is 12.8. The monoisotopic (exact) mass is 286 g/mol. The van der Waals surface area contributed by atoms with Gasteiger partial charge in [0.05, 0.1) is 11.0 Å². The summed E-state index contributed by atoms with van der Waals surface area (Å²) in [5.74, 6) is 0.627. The van der Waals surface area contributed by atoms with Crippen LogP contribution < -0.4 is 11.1 Å². The summed E-state index contributed by atoms with van der Waals surface area (Å²) in [4.78, 5) is 20.4. The van der Waals surface area contributed by atoms with Gasteiger partial charge in [0.2, 0.25) is 5.91 Å². The average molecular weight is 286 g/mol. The number of anilines is 1. The van der Waals surface area contributed by atoms with Crippen molar-refractivity contribution in [3.63, 3.8) is 0 Å². The van der Waals surface area contributed by atoms with E-state index in [1.54, 1.807) is 0 Å². The van der Waals surface area contributed by atoms with Crippen LogP contribution in [0.1, 0.15) is 16.7 Å². The highest BCUT2D eigenvalue weighted by Crippen LogP contribution is 2.21. The lowest BCUT2D eigenvalue weighted by Crippen LogP contribution is -2.26. The number of aryl methyl sites for hydroxylation is 1. The Balaban J connectivity index is 1.80. The molecule has 1 amide bonds. The van der Waals surface area contributed by atoms with E-state index in [1.807, 2.05) is 42.6 Å². The number of carbonyl (C=O) groups is 1. The van der Waals surface area contributed by atoms with Crippen LogP contribution in [0.3, 0.4) is 0 Å². The van der Waals surface area contributed by atoms with Gasteiger partial charge in [0.15, 0.2) is 0 Å². The molecule has 5 nitrogen and oxygen atoms in total. The van der Waals surface area contributed by atoms with Crippen LogP contribution in [0.4, 0.5) is 5.69 Å². The van der Waals surface area contributed by atoms with Crippen LogP contribution in [0.15, 0.2) is 35.7 Å². The third kappa shape index (κ3) is 2.43. The van der Waals surface area contributed by atoms with Crippen LogP contribution in [0.2, 0.25) is 0 Å². The van der Waals surface area contributed by atoms with Crippen molar-refractivity contribution >= 4 is 34.0 Å². The minimum Gasteiger partial charge on any atom is -0.342 e. The first-order valence-corrected chi connectivity index (χ1v) is 7.07. The number of fused-ring (bicyclic) bond motifs is 1. The number of amides is 1. The number of benzene rings is 1. The second-order valence-corrected chi connectivity index (χ2v) is 5.52. The molecule has 0 fully saturated rings. The minimum atomic E-state index is -0.644. The van der Waals surface area contributed by atoms with E-state index in [0.717, 1.165) is 21.7 Å². The normalized spacial score (nSPS) is 12.5. The van der Waals surface area contributed by atoms with Gasteiger partial charge in [0.1, 0.15) is 11.9 Å². The molecule has 2 heterocycles. The van der Waals surface area contributed by atoms with Crippen molar-refractivity contribution in [3.8, 4) is 0 Å². The van der Waals surface area contributed by atoms with Gasteiger partial charge in [0.25, 0.3) is 0 Å². The van der Waals surface area contributed by atoms with Crippen molar-refractivity contribution < 1.29 is 4.79 Å². The number of H-pyrrole nitrogens is 1. The van der Waals surface area contributed by atoms with Gasteiger partial charge in [-0.25, -0.2) is 4.98 Å². The number of rotatable bonds is 3. The van der Waals surface area contributed by atoms with E-state index in [2.05, 4.69) is 15.3 Å².